The first-order valence-electron chi connectivity index (χ1n) is 10.00. The predicted molar refractivity (Wildman–Crippen MR) is 110 cm³/mol. The lowest BCUT2D eigenvalue weighted by Gasteiger charge is -2.22. The van der Waals surface area contributed by atoms with Crippen LogP contribution in [0.5, 0.6) is 0 Å². The van der Waals surface area contributed by atoms with Crippen molar-refractivity contribution in [2.24, 2.45) is 0 Å². The van der Waals surface area contributed by atoms with E-state index < -0.39 is 0 Å². The molecule has 2 amide bonds. The highest BCUT2D eigenvalue weighted by molar-refractivity contribution is 5.93. The van der Waals surface area contributed by atoms with Crippen LogP contribution in [0, 0.1) is 0 Å². The van der Waals surface area contributed by atoms with E-state index in [2.05, 4.69) is 36.5 Å². The van der Waals surface area contributed by atoms with Crippen molar-refractivity contribution in [3.05, 3.63) is 47.3 Å². The summed E-state index contributed by atoms with van der Waals surface area (Å²) in [7, 11) is 0. The largest absolute Gasteiger partial charge is 0.344 e. The molecule has 0 spiro atoms. The fraction of sp³-hybridized carbons (Fsp3) is 0.500. The number of anilines is 1. The van der Waals surface area contributed by atoms with Crippen LogP contribution >= 0.6 is 0 Å². The molecule has 1 aliphatic rings. The van der Waals surface area contributed by atoms with Gasteiger partial charge in [0.15, 0.2) is 0 Å². The van der Waals surface area contributed by atoms with Crippen molar-refractivity contribution in [2.45, 2.75) is 71.4 Å². The summed E-state index contributed by atoms with van der Waals surface area (Å²) < 4.78 is 2.00. The summed E-state index contributed by atoms with van der Waals surface area (Å²) in [5, 5.41) is 10.5. The fourth-order valence-electron chi connectivity index (χ4n) is 3.17. The highest BCUT2D eigenvalue weighted by atomic mass is 16.2. The number of nitrogens with one attached hydrogen (secondary N) is 2. The zero-order valence-corrected chi connectivity index (χ0v) is 17.4. The third kappa shape index (κ3) is 4.61. The van der Waals surface area contributed by atoms with E-state index in [-0.39, 0.29) is 23.4 Å². The molecule has 150 valence electrons. The van der Waals surface area contributed by atoms with E-state index in [4.69, 9.17) is 0 Å². The number of hydrogen-bond acceptors (Lipinski definition) is 3. The van der Waals surface area contributed by atoms with Gasteiger partial charge in [0.2, 0.25) is 5.91 Å². The van der Waals surface area contributed by atoms with Crippen molar-refractivity contribution in [2.75, 3.05) is 5.32 Å². The second kappa shape index (κ2) is 7.78. The molecule has 0 saturated heterocycles. The molecule has 2 N–H and O–H groups in total. The summed E-state index contributed by atoms with van der Waals surface area (Å²) in [5.41, 5.74) is 3.20. The van der Waals surface area contributed by atoms with E-state index in [1.54, 1.807) is 0 Å². The van der Waals surface area contributed by atoms with E-state index in [0.717, 1.165) is 16.9 Å². The van der Waals surface area contributed by atoms with E-state index in [1.807, 2.05) is 48.9 Å². The number of benzene rings is 1. The van der Waals surface area contributed by atoms with Crippen molar-refractivity contribution in [3.8, 4) is 0 Å². The Morgan fingerprint density at radius 3 is 2.39 bits per heavy atom. The molecule has 6 nitrogen and oxygen atoms in total. The average Bonchev–Trinajstić information content (AvgIpc) is 3.38. The number of carbonyl (C=O) groups is 2. The van der Waals surface area contributed by atoms with Crippen LogP contribution in [0.4, 0.5) is 5.69 Å². The highest BCUT2D eigenvalue weighted by Crippen LogP contribution is 2.41. The Hall–Kier alpha value is -2.63. The van der Waals surface area contributed by atoms with Gasteiger partial charge in [0.1, 0.15) is 5.69 Å². The maximum atomic E-state index is 12.8. The summed E-state index contributed by atoms with van der Waals surface area (Å²) in [6.45, 7) is 10.1. The molecule has 0 bridgehead atoms. The third-order valence-corrected chi connectivity index (χ3v) is 4.96. The molecule has 1 atom stereocenters. The summed E-state index contributed by atoms with van der Waals surface area (Å²) in [5.74, 6) is 0.340. The zero-order chi connectivity index (χ0) is 20.5. The minimum atomic E-state index is -0.166. The molecule has 1 aromatic heterocycles. The molecular formula is C22H30N4O2. The van der Waals surface area contributed by atoms with Crippen molar-refractivity contribution in [3.63, 3.8) is 0 Å². The van der Waals surface area contributed by atoms with Gasteiger partial charge in [-0.25, -0.2) is 0 Å². The van der Waals surface area contributed by atoms with Gasteiger partial charge in [-0.2, -0.15) is 5.10 Å². The van der Waals surface area contributed by atoms with Crippen LogP contribution in [0.1, 0.15) is 87.6 Å². The Morgan fingerprint density at radius 1 is 1.21 bits per heavy atom. The van der Waals surface area contributed by atoms with Crippen LogP contribution in [0.15, 0.2) is 30.3 Å². The lowest BCUT2D eigenvalue weighted by molar-refractivity contribution is -0.115. The van der Waals surface area contributed by atoms with Crippen molar-refractivity contribution >= 4 is 17.5 Å². The molecule has 1 saturated carbocycles. The SMILES string of the molecule is CCC(=O)Nc1ccc(C(C)NC(=O)c2cc(C3CC3)n(C(C)(C)C)n2)cc1. The van der Waals surface area contributed by atoms with E-state index in [0.29, 0.717) is 18.0 Å². The summed E-state index contributed by atoms with van der Waals surface area (Å²) in [6.07, 6.45) is 2.78. The van der Waals surface area contributed by atoms with Gasteiger partial charge in [-0.1, -0.05) is 19.1 Å². The third-order valence-electron chi connectivity index (χ3n) is 4.96. The van der Waals surface area contributed by atoms with Gasteiger partial charge < -0.3 is 10.6 Å². The van der Waals surface area contributed by atoms with Crippen LogP contribution in [0.25, 0.3) is 0 Å². The molecule has 0 aliphatic heterocycles. The minimum Gasteiger partial charge on any atom is -0.344 e. The van der Waals surface area contributed by atoms with Crippen molar-refractivity contribution < 1.29 is 9.59 Å². The van der Waals surface area contributed by atoms with Crippen LogP contribution in [0.2, 0.25) is 0 Å². The molecule has 3 rings (SSSR count). The van der Waals surface area contributed by atoms with Gasteiger partial charge in [0, 0.05) is 23.7 Å². The number of hydrogen-bond donors (Lipinski definition) is 2. The Bertz CT molecular complexity index is 858. The van der Waals surface area contributed by atoms with E-state index in [1.165, 1.54) is 12.8 Å². The molecular weight excluding hydrogens is 352 g/mol. The average molecular weight is 383 g/mol. The van der Waals surface area contributed by atoms with Crippen molar-refractivity contribution in [1.29, 1.82) is 0 Å². The molecule has 2 aromatic rings. The number of rotatable bonds is 6. The molecule has 1 unspecified atom stereocenters. The number of carbonyl (C=O) groups excluding carboxylic acids is 2. The van der Waals surface area contributed by atoms with Crippen LogP contribution in [-0.4, -0.2) is 21.6 Å². The topological polar surface area (TPSA) is 76.0 Å². The molecule has 1 fully saturated rings. The van der Waals surface area contributed by atoms with Gasteiger partial charge in [-0.05, 0) is 64.3 Å². The number of nitrogens with zero attached hydrogens (tertiary/aromatic N) is 2. The summed E-state index contributed by atoms with van der Waals surface area (Å²) in [6, 6.07) is 9.32. The van der Waals surface area contributed by atoms with Gasteiger partial charge in [0.05, 0.1) is 11.6 Å². The van der Waals surface area contributed by atoms with Crippen LogP contribution in [0.3, 0.4) is 0 Å². The quantitative estimate of drug-likeness (QED) is 0.779. The molecule has 1 aromatic carbocycles. The predicted octanol–water partition coefficient (Wildman–Crippen LogP) is 4.36. The molecule has 0 radical (unpaired) electrons. The zero-order valence-electron chi connectivity index (χ0n) is 17.4. The van der Waals surface area contributed by atoms with Crippen LogP contribution in [-0.2, 0) is 10.3 Å². The monoisotopic (exact) mass is 382 g/mol. The first kappa shape index (κ1) is 20.1. The minimum absolute atomic E-state index is 0.0185. The second-order valence-corrected chi connectivity index (χ2v) is 8.53. The highest BCUT2D eigenvalue weighted by Gasteiger charge is 2.32. The fourth-order valence-corrected chi connectivity index (χ4v) is 3.17. The Labute approximate surface area is 166 Å². The van der Waals surface area contributed by atoms with Gasteiger partial charge >= 0.3 is 0 Å². The van der Waals surface area contributed by atoms with Crippen LogP contribution < -0.4 is 10.6 Å². The number of amides is 2. The maximum Gasteiger partial charge on any atom is 0.272 e. The first-order chi connectivity index (χ1) is 13.2. The number of aromatic nitrogens is 2. The first-order valence-corrected chi connectivity index (χ1v) is 10.00. The maximum absolute atomic E-state index is 12.8. The van der Waals surface area contributed by atoms with E-state index >= 15 is 0 Å². The second-order valence-electron chi connectivity index (χ2n) is 8.53. The molecule has 6 heteroatoms. The van der Waals surface area contributed by atoms with E-state index in [9.17, 15) is 9.59 Å². The standard InChI is InChI=1S/C22H30N4O2/c1-6-20(27)24-17-11-9-15(10-12-17)14(2)23-21(28)18-13-19(16-7-8-16)26(25-18)22(3,4)5/h9-14,16H,6-8H2,1-5H3,(H,23,28)(H,24,27). The smallest absolute Gasteiger partial charge is 0.272 e. The molecule has 1 aliphatic carbocycles. The normalized spacial score (nSPS) is 15.2. The Kier molecular flexibility index (Phi) is 5.59. The summed E-state index contributed by atoms with van der Waals surface area (Å²) >= 11 is 0. The lowest BCUT2D eigenvalue weighted by Crippen LogP contribution is -2.29. The summed E-state index contributed by atoms with van der Waals surface area (Å²) in [4.78, 5) is 24.2. The molecule has 28 heavy (non-hydrogen) atoms. The van der Waals surface area contributed by atoms with Crippen molar-refractivity contribution in [1.82, 2.24) is 15.1 Å². The lowest BCUT2D eigenvalue weighted by atomic mass is 10.1. The Balaban J connectivity index is 1.70. The Morgan fingerprint density at radius 2 is 1.86 bits per heavy atom. The van der Waals surface area contributed by atoms with Gasteiger partial charge in [-0.15, -0.1) is 0 Å². The van der Waals surface area contributed by atoms with Gasteiger partial charge in [0.25, 0.3) is 5.91 Å². The van der Waals surface area contributed by atoms with Gasteiger partial charge in [-0.3, -0.25) is 14.3 Å². The molecule has 1 heterocycles.